The van der Waals surface area contributed by atoms with Gasteiger partial charge in [0.1, 0.15) is 18.2 Å². The molecular formula is C21H26FN5O2. The number of hydrogen-bond donors (Lipinski definition) is 2. The summed E-state index contributed by atoms with van der Waals surface area (Å²) in [5.74, 6) is 0.674. The summed E-state index contributed by atoms with van der Waals surface area (Å²) in [6.45, 7) is 5.00. The molecule has 7 nitrogen and oxygen atoms in total. The normalized spacial score (nSPS) is 11.3. The van der Waals surface area contributed by atoms with E-state index < -0.39 is 0 Å². The number of benzene rings is 2. The minimum Gasteiger partial charge on any atom is -0.491 e. The van der Waals surface area contributed by atoms with Gasteiger partial charge in [0, 0.05) is 12.6 Å². The molecule has 0 radical (unpaired) electrons. The zero-order chi connectivity index (χ0) is 21.0. The number of hydrogen-bond acceptors (Lipinski definition) is 4. The molecule has 8 heteroatoms. The number of amides is 2. The fraction of sp³-hybridized carbons (Fsp3) is 0.333. The highest BCUT2D eigenvalue weighted by Gasteiger charge is 2.18. The summed E-state index contributed by atoms with van der Waals surface area (Å²) < 4.78 is 21.0. The van der Waals surface area contributed by atoms with Crippen LogP contribution < -0.4 is 15.4 Å². The van der Waals surface area contributed by atoms with Crippen LogP contribution in [0.15, 0.2) is 42.5 Å². The molecule has 0 aliphatic heterocycles. The standard InChI is InChI=1S/C21H26FN5O2/c1-14(2)23-21(28)24-20-19-17(6-5-7-18(19)29-13-12-26(3)4)27(25-20)16-10-8-15(22)9-11-16/h5-11,14H,12-13H2,1-4H3,(H2,23,24,25,28). The van der Waals surface area contributed by atoms with Crippen molar-refractivity contribution in [3.8, 4) is 11.4 Å². The van der Waals surface area contributed by atoms with Gasteiger partial charge in [0.25, 0.3) is 0 Å². The minimum atomic E-state index is -0.353. The predicted molar refractivity (Wildman–Crippen MR) is 112 cm³/mol. The van der Waals surface area contributed by atoms with Gasteiger partial charge in [-0.2, -0.15) is 0 Å². The Morgan fingerprint density at radius 1 is 1.21 bits per heavy atom. The number of nitrogens with zero attached hydrogens (tertiary/aromatic N) is 3. The first-order chi connectivity index (χ1) is 13.8. The third-order valence-electron chi connectivity index (χ3n) is 4.19. The number of fused-ring (bicyclic) bond motifs is 1. The first-order valence-electron chi connectivity index (χ1n) is 9.48. The lowest BCUT2D eigenvalue weighted by atomic mass is 10.2. The highest BCUT2D eigenvalue weighted by Crippen LogP contribution is 2.34. The lowest BCUT2D eigenvalue weighted by Crippen LogP contribution is -2.34. The summed E-state index contributed by atoms with van der Waals surface area (Å²) >= 11 is 0. The van der Waals surface area contributed by atoms with Crippen molar-refractivity contribution in [3.05, 3.63) is 48.3 Å². The average Bonchev–Trinajstić information content (AvgIpc) is 3.00. The molecule has 154 valence electrons. The van der Waals surface area contributed by atoms with Crippen molar-refractivity contribution in [1.82, 2.24) is 20.0 Å². The monoisotopic (exact) mass is 399 g/mol. The van der Waals surface area contributed by atoms with E-state index in [4.69, 9.17) is 4.74 Å². The molecule has 2 amide bonds. The van der Waals surface area contributed by atoms with Crippen molar-refractivity contribution in [3.63, 3.8) is 0 Å². The molecule has 0 saturated carbocycles. The van der Waals surface area contributed by atoms with E-state index in [1.165, 1.54) is 12.1 Å². The molecule has 1 heterocycles. The van der Waals surface area contributed by atoms with Crippen LogP contribution in [0, 0.1) is 5.82 Å². The second kappa shape index (κ2) is 8.91. The maximum atomic E-state index is 13.4. The van der Waals surface area contributed by atoms with Crippen LogP contribution >= 0.6 is 0 Å². The summed E-state index contributed by atoms with van der Waals surface area (Å²) in [5, 5.41) is 10.9. The molecule has 2 aromatic carbocycles. The van der Waals surface area contributed by atoms with Crippen molar-refractivity contribution >= 4 is 22.8 Å². The number of carbonyl (C=O) groups excluding carboxylic acids is 1. The highest BCUT2D eigenvalue weighted by molar-refractivity contribution is 6.02. The Morgan fingerprint density at radius 3 is 2.59 bits per heavy atom. The SMILES string of the molecule is CC(C)NC(=O)Nc1nn(-c2ccc(F)cc2)c2cccc(OCCN(C)C)c12. The first-order valence-corrected chi connectivity index (χ1v) is 9.48. The summed E-state index contributed by atoms with van der Waals surface area (Å²) in [4.78, 5) is 14.3. The van der Waals surface area contributed by atoms with E-state index in [2.05, 4.69) is 15.7 Å². The fourth-order valence-electron chi connectivity index (χ4n) is 2.87. The number of rotatable bonds is 7. The smallest absolute Gasteiger partial charge is 0.320 e. The molecule has 2 N–H and O–H groups in total. The van der Waals surface area contributed by atoms with Crippen LogP contribution in [0.25, 0.3) is 16.6 Å². The zero-order valence-electron chi connectivity index (χ0n) is 17.1. The summed E-state index contributed by atoms with van der Waals surface area (Å²) in [6.07, 6.45) is 0. The molecular weight excluding hydrogens is 373 g/mol. The average molecular weight is 399 g/mol. The van der Waals surface area contributed by atoms with Crippen molar-refractivity contribution in [2.24, 2.45) is 0 Å². The predicted octanol–water partition coefficient (Wildman–Crippen LogP) is 3.63. The quantitative estimate of drug-likeness (QED) is 0.636. The van der Waals surface area contributed by atoms with Crippen LogP contribution in [-0.4, -0.2) is 54.0 Å². The Balaban J connectivity index is 2.05. The maximum Gasteiger partial charge on any atom is 0.320 e. The summed E-state index contributed by atoms with van der Waals surface area (Å²) in [7, 11) is 3.94. The van der Waals surface area contributed by atoms with Crippen molar-refractivity contribution < 1.29 is 13.9 Å². The number of halogens is 1. The van der Waals surface area contributed by atoms with Crippen molar-refractivity contribution in [2.75, 3.05) is 32.6 Å². The van der Waals surface area contributed by atoms with E-state index in [9.17, 15) is 9.18 Å². The summed E-state index contributed by atoms with van der Waals surface area (Å²) in [5.41, 5.74) is 1.43. The third-order valence-corrected chi connectivity index (χ3v) is 4.19. The minimum absolute atomic E-state index is 0.0174. The number of likely N-dealkylation sites (N-methyl/N-ethyl adjacent to an activating group) is 1. The molecule has 29 heavy (non-hydrogen) atoms. The topological polar surface area (TPSA) is 71.4 Å². The van der Waals surface area contributed by atoms with Gasteiger partial charge in [-0.15, -0.1) is 5.10 Å². The van der Waals surface area contributed by atoms with Crippen molar-refractivity contribution in [2.45, 2.75) is 19.9 Å². The molecule has 0 aliphatic rings. The van der Waals surface area contributed by atoms with E-state index in [0.717, 1.165) is 12.1 Å². The molecule has 0 aliphatic carbocycles. The van der Waals surface area contributed by atoms with Gasteiger partial charge >= 0.3 is 6.03 Å². The van der Waals surface area contributed by atoms with Gasteiger partial charge in [-0.1, -0.05) is 6.07 Å². The molecule has 0 spiro atoms. The van der Waals surface area contributed by atoms with E-state index in [-0.39, 0.29) is 17.9 Å². The van der Waals surface area contributed by atoms with Crippen molar-refractivity contribution in [1.29, 1.82) is 0 Å². The van der Waals surface area contributed by atoms with Crippen LogP contribution in [0.1, 0.15) is 13.8 Å². The second-order valence-electron chi connectivity index (χ2n) is 7.29. The fourth-order valence-corrected chi connectivity index (χ4v) is 2.87. The van der Waals surface area contributed by atoms with Gasteiger partial charge in [-0.05, 0) is 64.3 Å². The van der Waals surface area contributed by atoms with Crippen LogP contribution in [0.5, 0.6) is 5.75 Å². The molecule has 3 aromatic rings. The van der Waals surface area contributed by atoms with Crippen LogP contribution in [-0.2, 0) is 0 Å². The number of carbonyl (C=O) groups is 1. The number of anilines is 1. The van der Waals surface area contributed by atoms with Gasteiger partial charge in [0.2, 0.25) is 0 Å². The Bertz CT molecular complexity index is 983. The van der Waals surface area contributed by atoms with Gasteiger partial charge in [-0.25, -0.2) is 13.9 Å². The molecule has 0 unspecified atom stereocenters. The lowest BCUT2D eigenvalue weighted by Gasteiger charge is -2.13. The molecule has 0 atom stereocenters. The largest absolute Gasteiger partial charge is 0.491 e. The Labute approximate surface area is 169 Å². The highest BCUT2D eigenvalue weighted by atomic mass is 19.1. The Morgan fingerprint density at radius 2 is 1.93 bits per heavy atom. The molecule has 3 rings (SSSR count). The van der Waals surface area contributed by atoms with Crippen LogP contribution in [0.3, 0.4) is 0 Å². The van der Waals surface area contributed by atoms with Crippen LogP contribution in [0.4, 0.5) is 15.0 Å². The third kappa shape index (κ3) is 5.03. The second-order valence-corrected chi connectivity index (χ2v) is 7.29. The van der Waals surface area contributed by atoms with Gasteiger partial charge in [0.15, 0.2) is 5.82 Å². The number of ether oxygens (including phenoxy) is 1. The van der Waals surface area contributed by atoms with Gasteiger partial charge in [-0.3, -0.25) is 5.32 Å². The zero-order valence-corrected chi connectivity index (χ0v) is 17.1. The Kier molecular flexibility index (Phi) is 6.33. The molecule has 0 saturated heterocycles. The van der Waals surface area contributed by atoms with Gasteiger partial charge in [0.05, 0.1) is 16.6 Å². The molecule has 1 aromatic heterocycles. The number of nitrogens with one attached hydrogen (secondary N) is 2. The van der Waals surface area contributed by atoms with E-state index >= 15 is 0 Å². The maximum absolute atomic E-state index is 13.4. The lowest BCUT2D eigenvalue weighted by molar-refractivity contribution is 0.250. The van der Waals surface area contributed by atoms with E-state index in [1.807, 2.05) is 51.0 Å². The van der Waals surface area contributed by atoms with E-state index in [0.29, 0.717) is 29.2 Å². The Hall–Kier alpha value is -3.13. The van der Waals surface area contributed by atoms with Gasteiger partial charge < -0.3 is 15.0 Å². The first kappa shape index (κ1) is 20.6. The molecule has 0 bridgehead atoms. The van der Waals surface area contributed by atoms with Crippen LogP contribution in [0.2, 0.25) is 0 Å². The summed E-state index contributed by atoms with van der Waals surface area (Å²) in [6, 6.07) is 11.3. The molecule has 0 fully saturated rings. The van der Waals surface area contributed by atoms with E-state index in [1.54, 1.807) is 16.8 Å². The number of urea groups is 1. The number of aromatic nitrogens is 2.